The van der Waals surface area contributed by atoms with Crippen LogP contribution in [0.1, 0.15) is 42.4 Å². The van der Waals surface area contributed by atoms with Gasteiger partial charge in [-0.25, -0.2) is 9.50 Å². The number of hydrogen-bond donors (Lipinski definition) is 0. The van der Waals surface area contributed by atoms with Gasteiger partial charge < -0.3 is 4.90 Å². The molecule has 0 aliphatic carbocycles. The number of fused-ring (bicyclic) bond motifs is 1. The van der Waals surface area contributed by atoms with Gasteiger partial charge in [0.15, 0.2) is 0 Å². The first-order chi connectivity index (χ1) is 13.8. The summed E-state index contributed by atoms with van der Waals surface area (Å²) in [6, 6.07) is 3.52. The third kappa shape index (κ3) is 3.94. The third-order valence-electron chi connectivity index (χ3n) is 5.18. The maximum atomic E-state index is 13.0. The van der Waals surface area contributed by atoms with Crippen LogP contribution in [0, 0.1) is 6.92 Å². The SMILES string of the molecule is Cc1ccnn1CCC(=O)N1CCC[C@@H](c2ccnc3nc(C(F)(F)F)nn23)C1. The zero-order chi connectivity index (χ0) is 20.6. The monoisotopic (exact) mass is 407 g/mol. The number of piperidine rings is 1. The maximum Gasteiger partial charge on any atom is 0.453 e. The van der Waals surface area contributed by atoms with Gasteiger partial charge in [-0.05, 0) is 31.9 Å². The minimum atomic E-state index is -4.63. The molecule has 4 heterocycles. The largest absolute Gasteiger partial charge is 0.453 e. The van der Waals surface area contributed by atoms with E-state index in [0.29, 0.717) is 31.7 Å². The summed E-state index contributed by atoms with van der Waals surface area (Å²) in [5, 5.41) is 7.79. The molecule has 3 aromatic heterocycles. The molecule has 154 valence electrons. The number of amides is 1. The summed E-state index contributed by atoms with van der Waals surface area (Å²) in [7, 11) is 0. The molecule has 0 aromatic carbocycles. The zero-order valence-electron chi connectivity index (χ0n) is 15.8. The van der Waals surface area contributed by atoms with Crippen molar-refractivity contribution in [3.8, 4) is 0 Å². The number of likely N-dealkylation sites (tertiary alicyclic amines) is 1. The van der Waals surface area contributed by atoms with Crippen molar-refractivity contribution < 1.29 is 18.0 Å². The number of hydrogen-bond acceptors (Lipinski definition) is 5. The highest BCUT2D eigenvalue weighted by molar-refractivity contribution is 5.76. The van der Waals surface area contributed by atoms with Crippen LogP contribution in [0.5, 0.6) is 0 Å². The third-order valence-corrected chi connectivity index (χ3v) is 5.18. The Bertz CT molecular complexity index is 1030. The van der Waals surface area contributed by atoms with E-state index in [0.717, 1.165) is 23.1 Å². The van der Waals surface area contributed by atoms with E-state index in [1.54, 1.807) is 21.8 Å². The first-order valence-corrected chi connectivity index (χ1v) is 9.38. The van der Waals surface area contributed by atoms with Crippen LogP contribution >= 0.6 is 0 Å². The van der Waals surface area contributed by atoms with Gasteiger partial charge in [-0.2, -0.15) is 23.3 Å². The molecule has 0 unspecified atom stereocenters. The second kappa shape index (κ2) is 7.45. The summed E-state index contributed by atoms with van der Waals surface area (Å²) in [6.45, 7) is 3.48. The Labute approximate surface area is 164 Å². The molecule has 1 fully saturated rings. The van der Waals surface area contributed by atoms with Gasteiger partial charge in [0.2, 0.25) is 5.91 Å². The number of rotatable bonds is 4. The van der Waals surface area contributed by atoms with E-state index in [1.807, 2.05) is 13.0 Å². The molecule has 3 aromatic rings. The van der Waals surface area contributed by atoms with Crippen molar-refractivity contribution in [3.63, 3.8) is 0 Å². The van der Waals surface area contributed by atoms with E-state index in [9.17, 15) is 18.0 Å². The van der Waals surface area contributed by atoms with Crippen molar-refractivity contribution in [3.05, 3.63) is 41.7 Å². The lowest BCUT2D eigenvalue weighted by molar-refractivity contribution is -0.144. The quantitative estimate of drug-likeness (QED) is 0.664. The number of carbonyl (C=O) groups is 1. The van der Waals surface area contributed by atoms with Gasteiger partial charge in [0.1, 0.15) is 0 Å². The lowest BCUT2D eigenvalue weighted by Gasteiger charge is -2.33. The van der Waals surface area contributed by atoms with Gasteiger partial charge >= 0.3 is 6.18 Å². The van der Waals surface area contributed by atoms with Crippen LogP contribution in [0.4, 0.5) is 13.2 Å². The molecule has 1 saturated heterocycles. The Morgan fingerprint density at radius 1 is 1.28 bits per heavy atom. The van der Waals surface area contributed by atoms with E-state index >= 15 is 0 Å². The molecule has 1 atom stereocenters. The molecule has 11 heteroatoms. The number of nitrogens with zero attached hydrogens (tertiary/aromatic N) is 7. The summed E-state index contributed by atoms with van der Waals surface area (Å²) in [4.78, 5) is 21.8. The van der Waals surface area contributed by atoms with Crippen LogP contribution < -0.4 is 0 Å². The van der Waals surface area contributed by atoms with Crippen LogP contribution in [0.15, 0.2) is 24.5 Å². The van der Waals surface area contributed by atoms with Gasteiger partial charge in [0, 0.05) is 50.1 Å². The zero-order valence-corrected chi connectivity index (χ0v) is 15.8. The maximum absolute atomic E-state index is 13.0. The summed E-state index contributed by atoms with van der Waals surface area (Å²) in [6.07, 6.45) is 0.330. The summed E-state index contributed by atoms with van der Waals surface area (Å²) in [5.74, 6) is -1.43. The Hall–Kier alpha value is -2.98. The minimum absolute atomic E-state index is 0.00414. The fourth-order valence-corrected chi connectivity index (χ4v) is 3.68. The van der Waals surface area contributed by atoms with E-state index in [1.165, 1.54) is 6.20 Å². The minimum Gasteiger partial charge on any atom is -0.342 e. The summed E-state index contributed by atoms with van der Waals surface area (Å²) >= 11 is 0. The highest BCUT2D eigenvalue weighted by atomic mass is 19.4. The number of halogens is 3. The molecular formula is C18H20F3N7O. The van der Waals surface area contributed by atoms with Crippen LogP contribution in [0.25, 0.3) is 5.78 Å². The average Bonchev–Trinajstić information content (AvgIpc) is 3.32. The van der Waals surface area contributed by atoms with Crippen LogP contribution in [0.2, 0.25) is 0 Å². The van der Waals surface area contributed by atoms with Crippen LogP contribution in [-0.2, 0) is 17.5 Å². The van der Waals surface area contributed by atoms with Gasteiger partial charge in [-0.1, -0.05) is 0 Å². The topological polar surface area (TPSA) is 81.2 Å². The summed E-state index contributed by atoms with van der Waals surface area (Å²) < 4.78 is 41.8. The number of alkyl halides is 3. The Kier molecular flexibility index (Phi) is 4.97. The van der Waals surface area contributed by atoms with Crippen molar-refractivity contribution in [1.29, 1.82) is 0 Å². The van der Waals surface area contributed by atoms with Gasteiger partial charge in [-0.3, -0.25) is 9.48 Å². The molecule has 0 spiro atoms. The predicted molar refractivity (Wildman–Crippen MR) is 95.9 cm³/mol. The fourth-order valence-electron chi connectivity index (χ4n) is 3.68. The van der Waals surface area contributed by atoms with Crippen LogP contribution in [-0.4, -0.2) is 53.3 Å². The number of carbonyl (C=O) groups excluding carboxylic acids is 1. The fraction of sp³-hybridized carbons (Fsp3) is 0.500. The molecule has 0 radical (unpaired) electrons. The highest BCUT2D eigenvalue weighted by Gasteiger charge is 2.37. The van der Waals surface area contributed by atoms with E-state index in [4.69, 9.17) is 0 Å². The van der Waals surface area contributed by atoms with Crippen molar-refractivity contribution >= 4 is 11.7 Å². The van der Waals surface area contributed by atoms with Crippen molar-refractivity contribution in [1.82, 2.24) is 34.3 Å². The van der Waals surface area contributed by atoms with Crippen molar-refractivity contribution in [2.24, 2.45) is 0 Å². The van der Waals surface area contributed by atoms with Crippen molar-refractivity contribution in [2.75, 3.05) is 13.1 Å². The van der Waals surface area contributed by atoms with Gasteiger partial charge in [0.25, 0.3) is 11.6 Å². The first-order valence-electron chi connectivity index (χ1n) is 9.38. The molecule has 1 aliphatic heterocycles. The van der Waals surface area contributed by atoms with Gasteiger partial charge in [-0.15, -0.1) is 5.10 Å². The Balaban J connectivity index is 1.50. The molecule has 1 aliphatic rings. The molecule has 4 rings (SSSR count). The molecule has 29 heavy (non-hydrogen) atoms. The molecule has 1 amide bonds. The Morgan fingerprint density at radius 2 is 2.10 bits per heavy atom. The average molecular weight is 407 g/mol. The second-order valence-electron chi connectivity index (χ2n) is 7.14. The van der Waals surface area contributed by atoms with E-state index in [-0.39, 0.29) is 17.6 Å². The predicted octanol–water partition coefficient (Wildman–Crippen LogP) is 2.44. The molecule has 8 nitrogen and oxygen atoms in total. The van der Waals surface area contributed by atoms with Gasteiger partial charge in [0.05, 0.1) is 5.69 Å². The molecule has 0 bridgehead atoms. The summed E-state index contributed by atoms with van der Waals surface area (Å²) in [5.41, 5.74) is 1.57. The normalized spacial score (nSPS) is 17.8. The second-order valence-corrected chi connectivity index (χ2v) is 7.14. The van der Waals surface area contributed by atoms with Crippen LogP contribution in [0.3, 0.4) is 0 Å². The molecule has 0 N–H and O–H groups in total. The number of aryl methyl sites for hydroxylation is 2. The standard InChI is InChI=1S/C18H20F3N7O/c1-12-4-8-23-27(12)10-6-15(29)26-9-2-3-13(11-26)14-5-7-22-17-24-16(18(19,20)21)25-28(14)17/h4-5,7-8,13H,2-3,6,9-11H2,1H3/t13-/m1/s1. The van der Waals surface area contributed by atoms with E-state index < -0.39 is 12.0 Å². The highest BCUT2D eigenvalue weighted by Crippen LogP contribution is 2.30. The lowest BCUT2D eigenvalue weighted by Crippen LogP contribution is -2.40. The molecule has 0 saturated carbocycles. The number of aromatic nitrogens is 6. The lowest BCUT2D eigenvalue weighted by atomic mass is 9.94. The Morgan fingerprint density at radius 3 is 2.83 bits per heavy atom. The molecular weight excluding hydrogens is 387 g/mol. The first kappa shape index (κ1) is 19.3. The van der Waals surface area contributed by atoms with E-state index in [2.05, 4.69) is 20.2 Å². The van der Waals surface area contributed by atoms with Crippen molar-refractivity contribution in [2.45, 2.75) is 44.8 Å². The smallest absolute Gasteiger partial charge is 0.342 e.